The third kappa shape index (κ3) is 2.55. The number of para-hydroxylation sites is 1. The van der Waals surface area contributed by atoms with Gasteiger partial charge in [-0.3, -0.25) is 4.90 Å². The summed E-state index contributed by atoms with van der Waals surface area (Å²) in [6.07, 6.45) is 7.87. The second-order valence-corrected chi connectivity index (χ2v) is 5.93. The molecule has 0 unspecified atom stereocenters. The highest BCUT2D eigenvalue weighted by Crippen LogP contribution is 2.25. The predicted molar refractivity (Wildman–Crippen MR) is 81.4 cm³/mol. The molecule has 0 amide bonds. The van der Waals surface area contributed by atoms with Crippen LogP contribution in [0.15, 0.2) is 24.4 Å². The van der Waals surface area contributed by atoms with Crippen molar-refractivity contribution in [3.8, 4) is 0 Å². The van der Waals surface area contributed by atoms with Crippen molar-refractivity contribution in [2.45, 2.75) is 39.2 Å². The molecule has 1 aliphatic heterocycles. The van der Waals surface area contributed by atoms with Crippen LogP contribution in [0.3, 0.4) is 0 Å². The van der Waals surface area contributed by atoms with E-state index in [4.69, 9.17) is 0 Å². The molecule has 2 heterocycles. The maximum Gasteiger partial charge on any atom is 0.0510 e. The van der Waals surface area contributed by atoms with Gasteiger partial charge in [-0.15, -0.1) is 0 Å². The number of hydrogen-bond acceptors (Lipinski definition) is 1. The first-order chi connectivity index (χ1) is 9.25. The monoisotopic (exact) mass is 256 g/mol. The second kappa shape index (κ2) is 5.38. The van der Waals surface area contributed by atoms with Crippen molar-refractivity contribution in [1.29, 1.82) is 0 Å². The minimum Gasteiger partial charge on any atom is -0.350 e. The van der Waals surface area contributed by atoms with Crippen LogP contribution in [0.4, 0.5) is 0 Å². The number of aromatic nitrogens is 1. The molecule has 1 aromatic heterocycles. The number of aryl methyl sites for hydroxylation is 2. The van der Waals surface area contributed by atoms with Gasteiger partial charge in [0.15, 0.2) is 0 Å². The fourth-order valence-corrected chi connectivity index (χ4v) is 3.42. The number of benzene rings is 1. The molecule has 2 nitrogen and oxygen atoms in total. The van der Waals surface area contributed by atoms with Gasteiger partial charge in [0.1, 0.15) is 0 Å². The Hall–Kier alpha value is -1.28. The minimum absolute atomic E-state index is 1.11. The van der Waals surface area contributed by atoms with Crippen molar-refractivity contribution >= 4 is 10.9 Å². The summed E-state index contributed by atoms with van der Waals surface area (Å²) in [4.78, 5) is 2.63. The number of hydrogen-bond donors (Lipinski definition) is 0. The Morgan fingerprint density at radius 3 is 2.53 bits per heavy atom. The Kier molecular flexibility index (Phi) is 3.61. The maximum absolute atomic E-state index is 2.63. The van der Waals surface area contributed by atoms with Gasteiger partial charge in [-0.1, -0.05) is 31.0 Å². The Bertz CT molecular complexity index is 560. The molecule has 0 saturated carbocycles. The highest BCUT2D eigenvalue weighted by molar-refractivity contribution is 5.86. The van der Waals surface area contributed by atoms with Crippen LogP contribution < -0.4 is 0 Å². The summed E-state index contributed by atoms with van der Waals surface area (Å²) in [6.45, 7) is 5.85. The largest absolute Gasteiger partial charge is 0.350 e. The first-order valence-electron chi connectivity index (χ1n) is 7.51. The molecule has 0 radical (unpaired) electrons. The maximum atomic E-state index is 2.63. The topological polar surface area (TPSA) is 8.17 Å². The summed E-state index contributed by atoms with van der Waals surface area (Å²) in [6, 6.07) is 6.66. The average Bonchev–Trinajstić information content (AvgIpc) is 2.58. The Morgan fingerprint density at radius 2 is 1.79 bits per heavy atom. The van der Waals surface area contributed by atoms with E-state index in [0.29, 0.717) is 0 Å². The van der Waals surface area contributed by atoms with E-state index in [-0.39, 0.29) is 0 Å². The molecule has 102 valence electrons. The molecule has 19 heavy (non-hydrogen) atoms. The molecule has 0 aliphatic carbocycles. The molecule has 1 aromatic carbocycles. The summed E-state index contributed by atoms with van der Waals surface area (Å²) >= 11 is 0. The third-order valence-corrected chi connectivity index (χ3v) is 4.38. The van der Waals surface area contributed by atoms with E-state index >= 15 is 0 Å². The minimum atomic E-state index is 1.11. The van der Waals surface area contributed by atoms with E-state index in [0.717, 1.165) is 6.54 Å². The Labute approximate surface area is 116 Å². The molecule has 3 rings (SSSR count). The first kappa shape index (κ1) is 12.7. The smallest absolute Gasteiger partial charge is 0.0510 e. The van der Waals surface area contributed by atoms with Crippen LogP contribution in [-0.2, 0) is 13.6 Å². The van der Waals surface area contributed by atoms with Crippen LogP contribution in [0, 0.1) is 6.92 Å². The molecule has 0 N–H and O–H groups in total. The van der Waals surface area contributed by atoms with Crippen LogP contribution >= 0.6 is 0 Å². The molecule has 1 fully saturated rings. The fourth-order valence-electron chi connectivity index (χ4n) is 3.42. The van der Waals surface area contributed by atoms with Crippen LogP contribution in [0.5, 0.6) is 0 Å². The van der Waals surface area contributed by atoms with E-state index in [2.05, 4.69) is 47.8 Å². The zero-order valence-electron chi connectivity index (χ0n) is 12.2. The molecule has 2 aromatic rings. The zero-order valence-corrected chi connectivity index (χ0v) is 12.2. The third-order valence-electron chi connectivity index (χ3n) is 4.38. The lowest BCUT2D eigenvalue weighted by atomic mass is 10.1. The lowest BCUT2D eigenvalue weighted by molar-refractivity contribution is 0.278. The summed E-state index contributed by atoms with van der Waals surface area (Å²) in [5.74, 6) is 0. The van der Waals surface area contributed by atoms with Gasteiger partial charge in [0.2, 0.25) is 0 Å². The van der Waals surface area contributed by atoms with Crippen molar-refractivity contribution in [3.63, 3.8) is 0 Å². The normalized spacial score (nSPS) is 17.8. The first-order valence-corrected chi connectivity index (χ1v) is 7.51. The number of likely N-dealkylation sites (tertiary alicyclic amines) is 1. The summed E-state index contributed by atoms with van der Waals surface area (Å²) in [5.41, 5.74) is 4.26. The van der Waals surface area contributed by atoms with Gasteiger partial charge >= 0.3 is 0 Å². The van der Waals surface area contributed by atoms with Crippen molar-refractivity contribution in [2.75, 3.05) is 13.1 Å². The number of rotatable bonds is 2. The van der Waals surface area contributed by atoms with Crippen molar-refractivity contribution < 1.29 is 0 Å². The van der Waals surface area contributed by atoms with Crippen LogP contribution in [0.1, 0.15) is 36.8 Å². The standard InChI is InChI=1S/C17H24N2/c1-14-8-7-9-16-15(12-18(2)17(14)16)13-19-10-5-3-4-6-11-19/h7-9,12H,3-6,10-11,13H2,1-2H3. The molecule has 1 aliphatic rings. The summed E-state index contributed by atoms with van der Waals surface area (Å²) in [5, 5.41) is 1.44. The molecular formula is C17H24N2. The van der Waals surface area contributed by atoms with Gasteiger partial charge in [-0.25, -0.2) is 0 Å². The summed E-state index contributed by atoms with van der Waals surface area (Å²) in [7, 11) is 2.17. The van der Waals surface area contributed by atoms with Gasteiger partial charge < -0.3 is 4.57 Å². The predicted octanol–water partition coefficient (Wildman–Crippen LogP) is 3.86. The Balaban J connectivity index is 1.90. The van der Waals surface area contributed by atoms with Crippen molar-refractivity contribution in [3.05, 3.63) is 35.5 Å². The molecule has 0 atom stereocenters. The van der Waals surface area contributed by atoms with Crippen molar-refractivity contribution in [1.82, 2.24) is 9.47 Å². The number of fused-ring (bicyclic) bond motifs is 1. The van der Waals surface area contributed by atoms with E-state index in [1.54, 1.807) is 0 Å². The lowest BCUT2D eigenvalue weighted by Crippen LogP contribution is -2.23. The highest BCUT2D eigenvalue weighted by atomic mass is 15.1. The Morgan fingerprint density at radius 1 is 1.05 bits per heavy atom. The van der Waals surface area contributed by atoms with Gasteiger partial charge in [-0.2, -0.15) is 0 Å². The van der Waals surface area contributed by atoms with Gasteiger partial charge in [0.25, 0.3) is 0 Å². The quantitative estimate of drug-likeness (QED) is 0.792. The van der Waals surface area contributed by atoms with Gasteiger partial charge in [0.05, 0.1) is 5.52 Å². The van der Waals surface area contributed by atoms with E-state index in [9.17, 15) is 0 Å². The van der Waals surface area contributed by atoms with Crippen LogP contribution in [-0.4, -0.2) is 22.6 Å². The van der Waals surface area contributed by atoms with E-state index in [1.165, 1.54) is 60.8 Å². The fraction of sp³-hybridized carbons (Fsp3) is 0.529. The van der Waals surface area contributed by atoms with E-state index in [1.807, 2.05) is 0 Å². The molecule has 1 saturated heterocycles. The molecular weight excluding hydrogens is 232 g/mol. The van der Waals surface area contributed by atoms with Crippen LogP contribution in [0.2, 0.25) is 0 Å². The van der Waals surface area contributed by atoms with Gasteiger partial charge in [0, 0.05) is 25.2 Å². The summed E-state index contributed by atoms with van der Waals surface area (Å²) < 4.78 is 2.29. The molecule has 2 heteroatoms. The van der Waals surface area contributed by atoms with Crippen molar-refractivity contribution in [2.24, 2.45) is 7.05 Å². The van der Waals surface area contributed by atoms with E-state index < -0.39 is 0 Å². The van der Waals surface area contributed by atoms with Crippen LogP contribution in [0.25, 0.3) is 10.9 Å². The number of nitrogens with zero attached hydrogens (tertiary/aromatic N) is 2. The highest BCUT2D eigenvalue weighted by Gasteiger charge is 2.13. The molecule has 0 bridgehead atoms. The SMILES string of the molecule is Cc1cccc2c(CN3CCCCCC3)cn(C)c12. The zero-order chi connectivity index (χ0) is 13.2. The second-order valence-electron chi connectivity index (χ2n) is 5.93. The lowest BCUT2D eigenvalue weighted by Gasteiger charge is -2.19. The molecule has 0 spiro atoms. The van der Waals surface area contributed by atoms with Gasteiger partial charge in [-0.05, 0) is 44.0 Å². The average molecular weight is 256 g/mol.